The molecule has 2 heterocycles. The van der Waals surface area contributed by atoms with Crippen molar-refractivity contribution in [3.05, 3.63) is 29.8 Å². The minimum absolute atomic E-state index is 0.0869. The van der Waals surface area contributed by atoms with Gasteiger partial charge in [0.1, 0.15) is 0 Å². The predicted molar refractivity (Wildman–Crippen MR) is 101 cm³/mol. The number of benzene rings is 1. The highest BCUT2D eigenvalue weighted by Gasteiger charge is 2.36. The molecule has 1 aromatic carbocycles. The van der Waals surface area contributed by atoms with Crippen LogP contribution < -0.4 is 4.90 Å². The summed E-state index contributed by atoms with van der Waals surface area (Å²) in [5.74, 6) is 0.653. The maximum absolute atomic E-state index is 13.1. The Labute approximate surface area is 151 Å². The quantitative estimate of drug-likeness (QED) is 0.886. The van der Waals surface area contributed by atoms with E-state index in [2.05, 4.69) is 4.90 Å². The van der Waals surface area contributed by atoms with Crippen molar-refractivity contribution in [2.24, 2.45) is 11.8 Å². The second kappa shape index (κ2) is 8.19. The number of likely N-dealkylation sites (tertiary alicyclic amines) is 2. The highest BCUT2D eigenvalue weighted by molar-refractivity contribution is 5.99. The van der Waals surface area contributed by atoms with Gasteiger partial charge in [0.05, 0.1) is 5.56 Å². The molecule has 0 saturated carbocycles. The van der Waals surface area contributed by atoms with E-state index >= 15 is 0 Å². The number of para-hydroxylation sites is 1. The third-order valence-electron chi connectivity index (χ3n) is 5.66. The zero-order valence-electron chi connectivity index (χ0n) is 15.5. The van der Waals surface area contributed by atoms with Gasteiger partial charge in [-0.1, -0.05) is 18.6 Å². The van der Waals surface area contributed by atoms with Crippen molar-refractivity contribution in [1.29, 1.82) is 0 Å². The summed E-state index contributed by atoms with van der Waals surface area (Å²) in [5.41, 5.74) is 1.70. The van der Waals surface area contributed by atoms with Crippen molar-refractivity contribution in [3.8, 4) is 0 Å². The van der Waals surface area contributed by atoms with Crippen LogP contribution in [0.15, 0.2) is 24.3 Å². The number of carbonyl (C=O) groups excluding carboxylic acids is 1. The highest BCUT2D eigenvalue weighted by atomic mass is 16.3. The van der Waals surface area contributed by atoms with E-state index in [0.717, 1.165) is 37.4 Å². The first kappa shape index (κ1) is 18.2. The maximum Gasteiger partial charge on any atom is 0.255 e. The van der Waals surface area contributed by atoms with Crippen LogP contribution in [0.4, 0.5) is 5.69 Å². The number of hydrogen-bond acceptors (Lipinski definition) is 4. The lowest BCUT2D eigenvalue weighted by molar-refractivity contribution is 0.0779. The Balaban J connectivity index is 1.70. The molecule has 0 unspecified atom stereocenters. The largest absolute Gasteiger partial charge is 0.396 e. The van der Waals surface area contributed by atoms with E-state index < -0.39 is 0 Å². The molecule has 1 N–H and O–H groups in total. The molecule has 138 valence electrons. The van der Waals surface area contributed by atoms with Gasteiger partial charge in [0.25, 0.3) is 5.91 Å². The Morgan fingerprint density at radius 3 is 2.48 bits per heavy atom. The maximum atomic E-state index is 13.1. The lowest BCUT2D eigenvalue weighted by Gasteiger charge is -2.30. The van der Waals surface area contributed by atoms with E-state index in [0.29, 0.717) is 12.5 Å². The molecule has 0 radical (unpaired) electrons. The summed E-state index contributed by atoms with van der Waals surface area (Å²) in [6.07, 6.45) is 3.88. The van der Waals surface area contributed by atoms with E-state index in [4.69, 9.17) is 0 Å². The summed E-state index contributed by atoms with van der Waals surface area (Å²) >= 11 is 0. The molecule has 2 aliphatic rings. The minimum Gasteiger partial charge on any atom is -0.396 e. The molecule has 2 saturated heterocycles. The SMILES string of the molecule is CN(C)c1ccccc1C(=O)N1C[C@@H](CN2CCCCC2)[C@@H](CO)C1. The second-order valence-electron chi connectivity index (χ2n) is 7.69. The first-order chi connectivity index (χ1) is 12.1. The predicted octanol–water partition coefficient (Wildman–Crippen LogP) is 1.92. The molecule has 5 heteroatoms. The molecule has 0 spiro atoms. The van der Waals surface area contributed by atoms with Gasteiger partial charge in [0.2, 0.25) is 0 Å². The summed E-state index contributed by atoms with van der Waals surface area (Å²) in [5, 5.41) is 9.81. The number of rotatable bonds is 5. The fraction of sp³-hybridized carbons (Fsp3) is 0.650. The summed E-state index contributed by atoms with van der Waals surface area (Å²) in [6, 6.07) is 7.78. The fourth-order valence-corrected chi connectivity index (χ4v) is 4.21. The second-order valence-corrected chi connectivity index (χ2v) is 7.69. The van der Waals surface area contributed by atoms with Crippen LogP contribution in [-0.4, -0.2) is 74.2 Å². The molecule has 1 amide bonds. The normalized spacial score (nSPS) is 24.5. The highest BCUT2D eigenvalue weighted by Crippen LogP contribution is 2.28. The molecule has 5 nitrogen and oxygen atoms in total. The molecule has 0 bridgehead atoms. The topological polar surface area (TPSA) is 47.0 Å². The molecule has 2 aliphatic heterocycles. The molecule has 2 fully saturated rings. The van der Waals surface area contributed by atoms with Crippen molar-refractivity contribution in [2.75, 3.05) is 58.3 Å². The van der Waals surface area contributed by atoms with Gasteiger partial charge in [-0.15, -0.1) is 0 Å². The van der Waals surface area contributed by atoms with E-state index in [-0.39, 0.29) is 18.4 Å². The van der Waals surface area contributed by atoms with Crippen molar-refractivity contribution in [2.45, 2.75) is 19.3 Å². The standard InChI is InChI=1S/C20H31N3O2/c1-21(2)19-9-5-4-8-18(19)20(25)23-13-16(17(14-23)15-24)12-22-10-6-3-7-11-22/h4-5,8-9,16-17,24H,3,6-7,10-15H2,1-2H3/t16-,17-/m1/s1. The Morgan fingerprint density at radius 1 is 1.12 bits per heavy atom. The summed E-state index contributed by atoms with van der Waals surface area (Å²) in [4.78, 5) is 19.5. The van der Waals surface area contributed by atoms with Crippen LogP contribution in [0, 0.1) is 11.8 Å². The molecule has 0 aliphatic carbocycles. The van der Waals surface area contributed by atoms with E-state index in [1.807, 2.05) is 48.2 Å². The summed E-state index contributed by atoms with van der Waals surface area (Å²) in [6.45, 7) is 4.90. The third-order valence-corrected chi connectivity index (χ3v) is 5.66. The van der Waals surface area contributed by atoms with Crippen LogP contribution in [0.2, 0.25) is 0 Å². The smallest absolute Gasteiger partial charge is 0.255 e. The molecule has 0 aromatic heterocycles. The van der Waals surface area contributed by atoms with Crippen LogP contribution >= 0.6 is 0 Å². The Hall–Kier alpha value is -1.59. The van der Waals surface area contributed by atoms with Gasteiger partial charge in [-0.3, -0.25) is 4.79 Å². The molecule has 3 rings (SSSR count). The Bertz CT molecular complexity index is 584. The number of anilines is 1. The van der Waals surface area contributed by atoms with Crippen molar-refractivity contribution in [3.63, 3.8) is 0 Å². The number of carbonyl (C=O) groups is 1. The van der Waals surface area contributed by atoms with Gasteiger partial charge < -0.3 is 19.8 Å². The zero-order chi connectivity index (χ0) is 17.8. The zero-order valence-corrected chi connectivity index (χ0v) is 15.5. The van der Waals surface area contributed by atoms with Crippen molar-refractivity contribution >= 4 is 11.6 Å². The van der Waals surface area contributed by atoms with E-state index in [1.54, 1.807) is 0 Å². The van der Waals surface area contributed by atoms with E-state index in [1.165, 1.54) is 19.3 Å². The molecule has 1 aromatic rings. The first-order valence-corrected chi connectivity index (χ1v) is 9.49. The lowest BCUT2D eigenvalue weighted by Crippen LogP contribution is -2.37. The van der Waals surface area contributed by atoms with Crippen LogP contribution in [0.3, 0.4) is 0 Å². The summed E-state index contributed by atoms with van der Waals surface area (Å²) in [7, 11) is 3.93. The average molecular weight is 345 g/mol. The van der Waals surface area contributed by atoms with Crippen LogP contribution in [0.1, 0.15) is 29.6 Å². The van der Waals surface area contributed by atoms with Crippen LogP contribution in [0.5, 0.6) is 0 Å². The van der Waals surface area contributed by atoms with Gasteiger partial charge in [-0.2, -0.15) is 0 Å². The monoisotopic (exact) mass is 345 g/mol. The Morgan fingerprint density at radius 2 is 1.80 bits per heavy atom. The Kier molecular flexibility index (Phi) is 5.97. The molecule has 2 atom stereocenters. The molecular weight excluding hydrogens is 314 g/mol. The van der Waals surface area contributed by atoms with Gasteiger partial charge in [-0.05, 0) is 44.0 Å². The van der Waals surface area contributed by atoms with Gasteiger partial charge in [-0.25, -0.2) is 0 Å². The van der Waals surface area contributed by atoms with Gasteiger partial charge in [0.15, 0.2) is 0 Å². The van der Waals surface area contributed by atoms with Crippen LogP contribution in [-0.2, 0) is 0 Å². The average Bonchev–Trinajstić information content (AvgIpc) is 3.04. The van der Waals surface area contributed by atoms with E-state index in [9.17, 15) is 9.90 Å². The minimum atomic E-state index is 0.0869. The van der Waals surface area contributed by atoms with Crippen molar-refractivity contribution < 1.29 is 9.90 Å². The number of amides is 1. The molecule has 25 heavy (non-hydrogen) atoms. The van der Waals surface area contributed by atoms with Crippen LogP contribution in [0.25, 0.3) is 0 Å². The van der Waals surface area contributed by atoms with Gasteiger partial charge >= 0.3 is 0 Å². The number of piperidine rings is 1. The lowest BCUT2D eigenvalue weighted by atomic mass is 9.95. The number of aliphatic hydroxyl groups is 1. The molecular formula is C20H31N3O2. The summed E-state index contributed by atoms with van der Waals surface area (Å²) < 4.78 is 0. The number of nitrogens with zero attached hydrogens (tertiary/aromatic N) is 3. The fourth-order valence-electron chi connectivity index (χ4n) is 4.21. The van der Waals surface area contributed by atoms with Crippen molar-refractivity contribution in [1.82, 2.24) is 9.80 Å². The number of aliphatic hydroxyl groups excluding tert-OH is 1. The number of hydrogen-bond donors (Lipinski definition) is 1. The van der Waals surface area contributed by atoms with Gasteiger partial charge in [0, 0.05) is 51.9 Å². The first-order valence-electron chi connectivity index (χ1n) is 9.49. The third kappa shape index (κ3) is 4.15.